The molecule has 0 saturated carbocycles. The van der Waals surface area contributed by atoms with Gasteiger partial charge in [0.2, 0.25) is 0 Å². The van der Waals surface area contributed by atoms with Crippen molar-refractivity contribution in [3.8, 4) is 5.75 Å². The van der Waals surface area contributed by atoms with Gasteiger partial charge in [-0.1, -0.05) is 0 Å². The zero-order chi connectivity index (χ0) is 15.2. The molecule has 0 atom stereocenters. The number of anilines is 2. The molecule has 0 unspecified atom stereocenters. The Morgan fingerprint density at radius 1 is 1.19 bits per heavy atom. The molecule has 0 radical (unpaired) electrons. The molecule has 6 nitrogen and oxygen atoms in total. The van der Waals surface area contributed by atoms with Gasteiger partial charge in [0.1, 0.15) is 11.4 Å². The maximum absolute atomic E-state index is 11.1. The van der Waals surface area contributed by atoms with Crippen molar-refractivity contribution in [1.82, 2.24) is 4.98 Å². The third kappa shape index (κ3) is 4.10. The summed E-state index contributed by atoms with van der Waals surface area (Å²) < 4.78 is 4.51. The van der Waals surface area contributed by atoms with Crippen molar-refractivity contribution in [1.29, 1.82) is 0 Å². The van der Waals surface area contributed by atoms with E-state index in [0.717, 1.165) is 11.4 Å². The lowest BCUT2D eigenvalue weighted by atomic mass is 10.2. The number of methoxy groups -OCH3 is 1. The largest absolute Gasteiger partial charge is 0.506 e. The first-order valence-corrected chi connectivity index (χ1v) is 6.43. The third-order valence-electron chi connectivity index (χ3n) is 2.87. The van der Waals surface area contributed by atoms with Crippen LogP contribution in [0.4, 0.5) is 16.2 Å². The molecule has 0 aliphatic carbocycles. The summed E-state index contributed by atoms with van der Waals surface area (Å²) in [4.78, 5) is 15.3. The molecule has 0 bridgehead atoms. The van der Waals surface area contributed by atoms with E-state index < -0.39 is 6.09 Å². The van der Waals surface area contributed by atoms with Crippen LogP contribution in [0.15, 0.2) is 36.4 Å². The molecular weight excluding hydrogens is 270 g/mol. The van der Waals surface area contributed by atoms with Gasteiger partial charge in [0.25, 0.3) is 0 Å². The number of hydrogen-bond donors (Lipinski definition) is 3. The summed E-state index contributed by atoms with van der Waals surface area (Å²) in [6.45, 7) is 2.29. The number of aromatic hydroxyl groups is 1. The number of nitrogens with zero attached hydrogens (tertiary/aromatic N) is 1. The van der Waals surface area contributed by atoms with Crippen LogP contribution >= 0.6 is 0 Å². The summed E-state index contributed by atoms with van der Waals surface area (Å²) in [5.74, 6) is 0.164. The van der Waals surface area contributed by atoms with E-state index in [9.17, 15) is 9.90 Å². The summed E-state index contributed by atoms with van der Waals surface area (Å²) in [5, 5.41) is 15.4. The fourth-order valence-corrected chi connectivity index (χ4v) is 1.76. The van der Waals surface area contributed by atoms with Gasteiger partial charge in [-0.25, -0.2) is 4.79 Å². The summed E-state index contributed by atoms with van der Waals surface area (Å²) >= 11 is 0. The van der Waals surface area contributed by atoms with Crippen LogP contribution in [0.3, 0.4) is 0 Å². The SMILES string of the molecule is COC(=O)Nc1ccc(NCc2nc(C)ccc2O)cc1. The van der Waals surface area contributed by atoms with E-state index in [-0.39, 0.29) is 5.75 Å². The summed E-state index contributed by atoms with van der Waals surface area (Å²) in [6, 6.07) is 10.5. The van der Waals surface area contributed by atoms with Crippen LogP contribution in [-0.4, -0.2) is 23.3 Å². The highest BCUT2D eigenvalue weighted by Crippen LogP contribution is 2.18. The van der Waals surface area contributed by atoms with Gasteiger partial charge in [-0.15, -0.1) is 0 Å². The topological polar surface area (TPSA) is 83.5 Å². The van der Waals surface area contributed by atoms with Crippen molar-refractivity contribution in [2.24, 2.45) is 0 Å². The molecule has 1 aromatic carbocycles. The Hall–Kier alpha value is -2.76. The van der Waals surface area contributed by atoms with Gasteiger partial charge in [-0.3, -0.25) is 10.3 Å². The number of carbonyl (C=O) groups excluding carboxylic acids is 1. The molecule has 110 valence electrons. The molecule has 0 aliphatic rings. The minimum Gasteiger partial charge on any atom is -0.506 e. The Labute approximate surface area is 122 Å². The monoisotopic (exact) mass is 287 g/mol. The van der Waals surface area contributed by atoms with Crippen LogP contribution in [0.2, 0.25) is 0 Å². The van der Waals surface area contributed by atoms with Crippen molar-refractivity contribution >= 4 is 17.5 Å². The summed E-state index contributed by atoms with van der Waals surface area (Å²) in [6.07, 6.45) is -0.510. The van der Waals surface area contributed by atoms with Gasteiger partial charge < -0.3 is 15.2 Å². The molecule has 0 fully saturated rings. The second-order valence-electron chi connectivity index (χ2n) is 4.47. The minimum atomic E-state index is -0.510. The number of hydrogen-bond acceptors (Lipinski definition) is 5. The second kappa shape index (κ2) is 6.60. The lowest BCUT2D eigenvalue weighted by Crippen LogP contribution is -2.10. The maximum atomic E-state index is 11.1. The lowest BCUT2D eigenvalue weighted by molar-refractivity contribution is 0.187. The van der Waals surface area contributed by atoms with Crippen molar-refractivity contribution in [2.45, 2.75) is 13.5 Å². The smallest absolute Gasteiger partial charge is 0.411 e. The molecule has 0 spiro atoms. The van der Waals surface area contributed by atoms with Crippen molar-refractivity contribution in [3.05, 3.63) is 47.8 Å². The Morgan fingerprint density at radius 3 is 2.52 bits per heavy atom. The zero-order valence-electron chi connectivity index (χ0n) is 11.9. The van der Waals surface area contributed by atoms with E-state index in [0.29, 0.717) is 17.9 Å². The van der Waals surface area contributed by atoms with Gasteiger partial charge in [-0.2, -0.15) is 0 Å². The van der Waals surface area contributed by atoms with Crippen LogP contribution < -0.4 is 10.6 Å². The highest BCUT2D eigenvalue weighted by atomic mass is 16.5. The summed E-state index contributed by atoms with van der Waals surface area (Å²) in [5.41, 5.74) is 2.94. The lowest BCUT2D eigenvalue weighted by Gasteiger charge is -2.09. The summed E-state index contributed by atoms with van der Waals surface area (Å²) in [7, 11) is 1.31. The molecule has 21 heavy (non-hydrogen) atoms. The first-order valence-electron chi connectivity index (χ1n) is 6.43. The normalized spacial score (nSPS) is 10.0. The van der Waals surface area contributed by atoms with Gasteiger partial charge in [0, 0.05) is 17.1 Å². The van der Waals surface area contributed by atoms with E-state index >= 15 is 0 Å². The molecule has 0 aliphatic heterocycles. The zero-order valence-corrected chi connectivity index (χ0v) is 11.9. The van der Waals surface area contributed by atoms with E-state index in [1.54, 1.807) is 24.3 Å². The molecule has 3 N–H and O–H groups in total. The van der Waals surface area contributed by atoms with E-state index in [4.69, 9.17) is 0 Å². The Kier molecular flexibility index (Phi) is 4.61. The molecule has 6 heteroatoms. The number of rotatable bonds is 4. The van der Waals surface area contributed by atoms with Crippen molar-refractivity contribution in [2.75, 3.05) is 17.7 Å². The molecule has 0 saturated heterocycles. The highest BCUT2D eigenvalue weighted by molar-refractivity contribution is 5.84. The van der Waals surface area contributed by atoms with E-state index in [1.165, 1.54) is 7.11 Å². The molecule has 1 amide bonds. The molecule has 2 aromatic rings. The predicted octanol–water partition coefficient (Wildman–Crippen LogP) is 2.89. The first-order chi connectivity index (χ1) is 10.1. The Morgan fingerprint density at radius 2 is 1.86 bits per heavy atom. The number of carbonyl (C=O) groups is 1. The second-order valence-corrected chi connectivity index (χ2v) is 4.47. The van der Waals surface area contributed by atoms with Gasteiger partial charge in [-0.05, 0) is 43.3 Å². The quantitative estimate of drug-likeness (QED) is 0.805. The Balaban J connectivity index is 1.97. The minimum absolute atomic E-state index is 0.164. The fraction of sp³-hybridized carbons (Fsp3) is 0.200. The number of aryl methyl sites for hydroxylation is 1. The number of benzene rings is 1. The van der Waals surface area contributed by atoms with E-state index in [1.807, 2.05) is 19.1 Å². The number of amides is 1. The van der Waals surface area contributed by atoms with Gasteiger partial charge in [0.05, 0.1) is 13.7 Å². The van der Waals surface area contributed by atoms with Crippen molar-refractivity contribution < 1.29 is 14.6 Å². The Bertz CT molecular complexity index is 627. The maximum Gasteiger partial charge on any atom is 0.411 e. The first kappa shape index (κ1) is 14.6. The van der Waals surface area contributed by atoms with Gasteiger partial charge in [0.15, 0.2) is 0 Å². The van der Waals surface area contributed by atoms with Crippen LogP contribution in [0.25, 0.3) is 0 Å². The van der Waals surface area contributed by atoms with Crippen LogP contribution in [0.5, 0.6) is 5.75 Å². The average Bonchev–Trinajstić information content (AvgIpc) is 2.49. The predicted molar refractivity (Wildman–Crippen MR) is 80.4 cm³/mol. The highest BCUT2D eigenvalue weighted by Gasteiger charge is 2.04. The molecule has 1 aromatic heterocycles. The van der Waals surface area contributed by atoms with Crippen LogP contribution in [0, 0.1) is 6.92 Å². The molecule has 2 rings (SSSR count). The molecule has 1 heterocycles. The van der Waals surface area contributed by atoms with Crippen LogP contribution in [-0.2, 0) is 11.3 Å². The molecular formula is C15H17N3O3. The van der Waals surface area contributed by atoms with E-state index in [2.05, 4.69) is 20.4 Å². The van der Waals surface area contributed by atoms with Gasteiger partial charge >= 0.3 is 6.09 Å². The number of ether oxygens (including phenoxy) is 1. The number of aromatic nitrogens is 1. The standard InChI is InChI=1S/C15H17N3O3/c1-10-3-8-14(19)13(17-10)9-16-11-4-6-12(7-5-11)18-15(20)21-2/h3-8,16,19H,9H2,1-2H3,(H,18,20). The average molecular weight is 287 g/mol. The van der Waals surface area contributed by atoms with Crippen molar-refractivity contribution in [3.63, 3.8) is 0 Å². The number of pyridine rings is 1. The fourth-order valence-electron chi connectivity index (χ4n) is 1.76. The van der Waals surface area contributed by atoms with Crippen LogP contribution in [0.1, 0.15) is 11.4 Å². The third-order valence-corrected chi connectivity index (χ3v) is 2.87. The number of nitrogens with one attached hydrogen (secondary N) is 2.